The number of hydrogen-bond acceptors (Lipinski definition) is 5. The number of thioether (sulfide) groups is 1. The molecule has 7 nitrogen and oxygen atoms in total. The highest BCUT2D eigenvalue weighted by Crippen LogP contribution is 2.32. The molecule has 0 unspecified atom stereocenters. The predicted octanol–water partition coefficient (Wildman–Crippen LogP) is 4.22. The highest BCUT2D eigenvalue weighted by molar-refractivity contribution is 7.99. The van der Waals surface area contributed by atoms with Crippen molar-refractivity contribution in [2.75, 3.05) is 16.0 Å². The van der Waals surface area contributed by atoms with Crippen LogP contribution in [0.15, 0.2) is 58.5 Å². The monoisotopic (exact) mass is 450 g/mol. The third-order valence-corrected chi connectivity index (χ3v) is 6.70. The second-order valence-corrected chi connectivity index (χ2v) is 8.96. The molecule has 2 aromatic carbocycles. The van der Waals surface area contributed by atoms with E-state index in [9.17, 15) is 14.4 Å². The summed E-state index contributed by atoms with van der Waals surface area (Å²) in [6, 6.07) is 14.3. The molecule has 0 saturated carbocycles. The number of para-hydroxylation sites is 3. The maximum Gasteiger partial charge on any atom is 0.262 e. The molecule has 2 atom stereocenters. The average Bonchev–Trinajstić information content (AvgIpc) is 2.91. The van der Waals surface area contributed by atoms with E-state index in [4.69, 9.17) is 4.98 Å². The van der Waals surface area contributed by atoms with Crippen molar-refractivity contribution >= 4 is 45.9 Å². The van der Waals surface area contributed by atoms with Gasteiger partial charge in [0, 0.05) is 18.5 Å². The molecule has 1 aliphatic heterocycles. The van der Waals surface area contributed by atoms with Crippen molar-refractivity contribution in [3.63, 3.8) is 0 Å². The van der Waals surface area contributed by atoms with Gasteiger partial charge in [-0.05, 0) is 44.5 Å². The Bertz CT molecular complexity index is 1240. The number of amides is 2. The molecule has 166 valence electrons. The molecule has 0 aliphatic carbocycles. The van der Waals surface area contributed by atoms with Gasteiger partial charge < -0.3 is 10.2 Å². The molecule has 1 aliphatic rings. The van der Waals surface area contributed by atoms with Crippen molar-refractivity contribution in [1.82, 2.24) is 9.55 Å². The predicted molar refractivity (Wildman–Crippen MR) is 128 cm³/mol. The fourth-order valence-corrected chi connectivity index (χ4v) is 4.92. The summed E-state index contributed by atoms with van der Waals surface area (Å²) >= 11 is 1.26. The van der Waals surface area contributed by atoms with Gasteiger partial charge in [-0.15, -0.1) is 0 Å². The van der Waals surface area contributed by atoms with E-state index >= 15 is 0 Å². The quantitative estimate of drug-likeness (QED) is 0.465. The highest BCUT2D eigenvalue weighted by atomic mass is 32.2. The van der Waals surface area contributed by atoms with E-state index < -0.39 is 0 Å². The highest BCUT2D eigenvalue weighted by Gasteiger charge is 2.30. The molecular weight excluding hydrogens is 424 g/mol. The van der Waals surface area contributed by atoms with Crippen molar-refractivity contribution in [1.29, 1.82) is 0 Å². The number of fused-ring (bicyclic) bond motifs is 2. The van der Waals surface area contributed by atoms with Gasteiger partial charge in [0.2, 0.25) is 11.8 Å². The van der Waals surface area contributed by atoms with Crippen LogP contribution in [0.3, 0.4) is 0 Å². The van der Waals surface area contributed by atoms with Gasteiger partial charge in [0.05, 0.1) is 28.0 Å². The van der Waals surface area contributed by atoms with Crippen LogP contribution < -0.4 is 15.8 Å². The maximum absolute atomic E-state index is 13.4. The molecule has 1 N–H and O–H groups in total. The average molecular weight is 451 g/mol. The van der Waals surface area contributed by atoms with E-state index in [0.29, 0.717) is 27.4 Å². The van der Waals surface area contributed by atoms with Crippen molar-refractivity contribution in [2.24, 2.45) is 0 Å². The minimum atomic E-state index is -0.284. The molecule has 0 radical (unpaired) electrons. The summed E-state index contributed by atoms with van der Waals surface area (Å²) in [5.41, 5.74) is 1.83. The summed E-state index contributed by atoms with van der Waals surface area (Å²) < 4.78 is 1.69. The number of hydrogen-bond donors (Lipinski definition) is 1. The van der Waals surface area contributed by atoms with Gasteiger partial charge in [-0.3, -0.25) is 19.0 Å². The minimum absolute atomic E-state index is 0.0446. The lowest BCUT2D eigenvalue weighted by Gasteiger charge is -2.28. The van der Waals surface area contributed by atoms with Gasteiger partial charge in [0.25, 0.3) is 5.56 Å². The molecule has 0 bridgehead atoms. The topological polar surface area (TPSA) is 84.3 Å². The van der Waals surface area contributed by atoms with E-state index in [0.717, 1.165) is 6.42 Å². The molecule has 32 heavy (non-hydrogen) atoms. The fraction of sp³-hybridized carbons (Fsp3) is 0.333. The number of aromatic nitrogens is 2. The van der Waals surface area contributed by atoms with Crippen LogP contribution in [-0.4, -0.2) is 33.2 Å². The summed E-state index contributed by atoms with van der Waals surface area (Å²) in [7, 11) is 0. The zero-order valence-corrected chi connectivity index (χ0v) is 19.2. The number of carbonyl (C=O) groups is 2. The smallest absolute Gasteiger partial charge is 0.262 e. The Kier molecular flexibility index (Phi) is 6.32. The molecule has 0 fully saturated rings. The number of rotatable bonds is 5. The van der Waals surface area contributed by atoms with Crippen LogP contribution in [0.4, 0.5) is 11.4 Å². The molecule has 2 heterocycles. The third kappa shape index (κ3) is 4.14. The normalized spacial score (nSPS) is 16.9. The first kappa shape index (κ1) is 22.1. The summed E-state index contributed by atoms with van der Waals surface area (Å²) in [6.45, 7) is 5.87. The van der Waals surface area contributed by atoms with Crippen LogP contribution in [0.25, 0.3) is 10.9 Å². The van der Waals surface area contributed by atoms with Gasteiger partial charge in [-0.25, -0.2) is 4.98 Å². The maximum atomic E-state index is 13.4. The van der Waals surface area contributed by atoms with Crippen molar-refractivity contribution in [3.05, 3.63) is 58.9 Å². The molecule has 2 amide bonds. The van der Waals surface area contributed by atoms with E-state index in [2.05, 4.69) is 5.32 Å². The summed E-state index contributed by atoms with van der Waals surface area (Å²) in [5.74, 6) is -0.145. The second-order valence-electron chi connectivity index (χ2n) is 8.01. The summed E-state index contributed by atoms with van der Waals surface area (Å²) in [5, 5.41) is 3.97. The fourth-order valence-electron chi connectivity index (χ4n) is 3.96. The summed E-state index contributed by atoms with van der Waals surface area (Å²) in [6.07, 6.45) is 0.989. The SMILES string of the molecule is CC[C@@H](C)n1c(SCC(=O)N2c3ccccc3NC(=O)C[C@H]2C)nc2ccccc2c1=O. The van der Waals surface area contributed by atoms with Gasteiger partial charge in [-0.2, -0.15) is 0 Å². The number of anilines is 2. The Morgan fingerprint density at radius 3 is 2.69 bits per heavy atom. The van der Waals surface area contributed by atoms with Crippen LogP contribution in [0.1, 0.15) is 39.7 Å². The Labute approximate surface area is 190 Å². The van der Waals surface area contributed by atoms with E-state index in [1.807, 2.05) is 57.2 Å². The zero-order chi connectivity index (χ0) is 22.8. The van der Waals surface area contributed by atoms with Crippen LogP contribution in [0, 0.1) is 0 Å². The molecule has 3 aromatic rings. The van der Waals surface area contributed by atoms with Gasteiger partial charge >= 0.3 is 0 Å². The number of nitrogens with zero attached hydrogens (tertiary/aromatic N) is 3. The number of carbonyl (C=O) groups excluding carboxylic acids is 2. The molecular formula is C24H26N4O3S. The Morgan fingerprint density at radius 2 is 1.91 bits per heavy atom. The Hall–Kier alpha value is -3.13. The largest absolute Gasteiger partial charge is 0.324 e. The lowest BCUT2D eigenvalue weighted by atomic mass is 10.2. The molecule has 4 rings (SSSR count). The van der Waals surface area contributed by atoms with Crippen LogP contribution in [0.2, 0.25) is 0 Å². The first-order chi connectivity index (χ1) is 15.4. The lowest BCUT2D eigenvalue weighted by molar-refractivity contribution is -0.117. The molecule has 8 heteroatoms. The van der Waals surface area contributed by atoms with Crippen molar-refractivity contribution in [3.8, 4) is 0 Å². The molecule has 1 aromatic heterocycles. The summed E-state index contributed by atoms with van der Waals surface area (Å²) in [4.78, 5) is 45.1. The standard InChI is InChI=1S/C24H26N4O3S/c1-4-15(2)28-23(31)17-9-5-6-10-18(17)26-24(28)32-14-22(30)27-16(3)13-21(29)25-19-11-7-8-12-20(19)27/h5-12,15-16H,4,13-14H2,1-3H3,(H,25,29)/t15-,16-/m1/s1. The van der Waals surface area contributed by atoms with Gasteiger partial charge in [-0.1, -0.05) is 43.0 Å². The van der Waals surface area contributed by atoms with Gasteiger partial charge in [0.1, 0.15) is 0 Å². The Morgan fingerprint density at radius 1 is 1.19 bits per heavy atom. The van der Waals surface area contributed by atoms with E-state index in [1.54, 1.807) is 21.6 Å². The zero-order valence-electron chi connectivity index (χ0n) is 18.4. The van der Waals surface area contributed by atoms with Crippen molar-refractivity contribution in [2.45, 2.75) is 50.9 Å². The first-order valence-electron chi connectivity index (χ1n) is 10.8. The van der Waals surface area contributed by atoms with Crippen LogP contribution in [-0.2, 0) is 9.59 Å². The second kappa shape index (κ2) is 9.16. The lowest BCUT2D eigenvalue weighted by Crippen LogP contribution is -2.40. The molecule has 0 saturated heterocycles. The van der Waals surface area contributed by atoms with Crippen molar-refractivity contribution < 1.29 is 9.59 Å². The minimum Gasteiger partial charge on any atom is -0.324 e. The van der Waals surface area contributed by atoms with E-state index in [-0.39, 0.29) is 41.6 Å². The Balaban J connectivity index is 1.67. The molecule has 0 spiro atoms. The number of nitrogens with one attached hydrogen (secondary N) is 1. The van der Waals surface area contributed by atoms with E-state index in [1.165, 1.54) is 11.8 Å². The van der Waals surface area contributed by atoms with Crippen LogP contribution >= 0.6 is 11.8 Å². The van der Waals surface area contributed by atoms with Crippen LogP contribution in [0.5, 0.6) is 0 Å². The first-order valence-corrected chi connectivity index (χ1v) is 11.7. The number of benzene rings is 2. The third-order valence-electron chi connectivity index (χ3n) is 5.76. The van der Waals surface area contributed by atoms with Gasteiger partial charge in [0.15, 0.2) is 5.16 Å².